The van der Waals surface area contributed by atoms with Crippen molar-refractivity contribution in [3.05, 3.63) is 65.7 Å². The van der Waals surface area contributed by atoms with E-state index in [2.05, 4.69) is 28.4 Å². The zero-order chi connectivity index (χ0) is 19.9. The molecule has 1 saturated heterocycles. The summed E-state index contributed by atoms with van der Waals surface area (Å²) in [6, 6.07) is 17.2. The van der Waals surface area contributed by atoms with Gasteiger partial charge in [-0.25, -0.2) is 0 Å². The number of nitrogens with one attached hydrogen (secondary N) is 1. The van der Waals surface area contributed by atoms with Crippen molar-refractivity contribution in [1.82, 2.24) is 10.2 Å². The third-order valence-corrected chi connectivity index (χ3v) is 5.17. The van der Waals surface area contributed by atoms with E-state index in [4.69, 9.17) is 0 Å². The van der Waals surface area contributed by atoms with Crippen LogP contribution in [0.4, 0.5) is 5.69 Å². The topological polar surface area (TPSA) is 52.7 Å². The van der Waals surface area contributed by atoms with Crippen molar-refractivity contribution in [2.45, 2.75) is 38.8 Å². The number of nitrogens with zero attached hydrogens (tertiary/aromatic N) is 2. The Labute approximate surface area is 167 Å². The van der Waals surface area contributed by atoms with Crippen molar-refractivity contribution in [1.29, 1.82) is 0 Å². The van der Waals surface area contributed by atoms with Crippen LogP contribution in [0.25, 0.3) is 0 Å². The molecule has 1 unspecified atom stereocenters. The van der Waals surface area contributed by atoms with Crippen LogP contribution < -0.4 is 10.2 Å². The Kier molecular flexibility index (Phi) is 6.69. The summed E-state index contributed by atoms with van der Waals surface area (Å²) in [5.41, 5.74) is 3.00. The third-order valence-electron chi connectivity index (χ3n) is 5.17. The largest absolute Gasteiger partial charge is 0.371 e. The summed E-state index contributed by atoms with van der Waals surface area (Å²) >= 11 is 0. The highest BCUT2D eigenvalue weighted by atomic mass is 16.2. The lowest BCUT2D eigenvalue weighted by Gasteiger charge is -2.25. The fraction of sp³-hybridized carbons (Fsp3) is 0.391. The van der Waals surface area contributed by atoms with E-state index in [1.54, 1.807) is 17.0 Å². The number of hydrogen-bond donors (Lipinski definition) is 1. The molecule has 0 bridgehead atoms. The Balaban J connectivity index is 1.55. The molecule has 0 spiro atoms. The summed E-state index contributed by atoms with van der Waals surface area (Å²) in [7, 11) is 1.83. The van der Waals surface area contributed by atoms with Crippen molar-refractivity contribution in [2.75, 3.05) is 25.0 Å². The molecule has 0 aromatic heterocycles. The molecule has 1 atom stereocenters. The molecule has 0 radical (unpaired) electrons. The van der Waals surface area contributed by atoms with Gasteiger partial charge in [0.2, 0.25) is 5.91 Å². The lowest BCUT2D eigenvalue weighted by molar-refractivity contribution is -0.130. The first-order valence-electron chi connectivity index (χ1n) is 9.97. The van der Waals surface area contributed by atoms with Gasteiger partial charge in [0.05, 0.1) is 0 Å². The number of amides is 2. The molecule has 0 saturated carbocycles. The van der Waals surface area contributed by atoms with Crippen LogP contribution in [0.5, 0.6) is 0 Å². The molecule has 3 rings (SSSR count). The molecule has 2 aromatic rings. The van der Waals surface area contributed by atoms with Crippen LogP contribution in [-0.4, -0.2) is 42.9 Å². The second-order valence-electron chi connectivity index (χ2n) is 7.52. The smallest absolute Gasteiger partial charge is 0.251 e. The van der Waals surface area contributed by atoms with E-state index >= 15 is 0 Å². The molecule has 1 aliphatic rings. The van der Waals surface area contributed by atoms with Gasteiger partial charge in [-0.3, -0.25) is 9.59 Å². The van der Waals surface area contributed by atoms with Gasteiger partial charge in [0, 0.05) is 50.4 Å². The van der Waals surface area contributed by atoms with Gasteiger partial charge >= 0.3 is 0 Å². The Morgan fingerprint density at radius 2 is 1.68 bits per heavy atom. The highest BCUT2D eigenvalue weighted by Gasteiger charge is 2.19. The average molecular weight is 380 g/mol. The highest BCUT2D eigenvalue weighted by molar-refractivity contribution is 5.94. The van der Waals surface area contributed by atoms with Crippen LogP contribution >= 0.6 is 0 Å². The normalized spacial score (nSPS) is 14.6. The van der Waals surface area contributed by atoms with Crippen LogP contribution in [0.15, 0.2) is 54.6 Å². The molecule has 28 heavy (non-hydrogen) atoms. The summed E-state index contributed by atoms with van der Waals surface area (Å²) in [5.74, 6) is -0.125. The van der Waals surface area contributed by atoms with Gasteiger partial charge in [-0.15, -0.1) is 0 Å². The Morgan fingerprint density at radius 1 is 1.04 bits per heavy atom. The molecule has 5 heteroatoms. The lowest BCUT2D eigenvalue weighted by Crippen LogP contribution is -2.38. The van der Waals surface area contributed by atoms with E-state index < -0.39 is 0 Å². The van der Waals surface area contributed by atoms with Crippen LogP contribution in [0.1, 0.15) is 42.1 Å². The molecule has 1 heterocycles. The SMILES string of the molecule is CC(CC(=O)N(C)Cc1ccccc1N1CCCC1)NC(=O)c1ccccc1. The van der Waals surface area contributed by atoms with Crippen LogP contribution in [0.3, 0.4) is 0 Å². The molecule has 1 aliphatic heterocycles. The minimum absolute atomic E-state index is 0.0251. The summed E-state index contributed by atoms with van der Waals surface area (Å²) in [5, 5.41) is 2.91. The van der Waals surface area contributed by atoms with Gasteiger partial charge in [-0.2, -0.15) is 0 Å². The maximum atomic E-state index is 12.7. The number of carbonyl (C=O) groups is 2. The Morgan fingerprint density at radius 3 is 2.39 bits per heavy atom. The fourth-order valence-corrected chi connectivity index (χ4v) is 3.62. The highest BCUT2D eigenvalue weighted by Crippen LogP contribution is 2.25. The van der Waals surface area contributed by atoms with E-state index in [-0.39, 0.29) is 24.3 Å². The zero-order valence-electron chi connectivity index (χ0n) is 16.7. The van der Waals surface area contributed by atoms with Gasteiger partial charge < -0.3 is 15.1 Å². The summed E-state index contributed by atoms with van der Waals surface area (Å²) in [4.78, 5) is 29.1. The van der Waals surface area contributed by atoms with E-state index in [0.29, 0.717) is 12.1 Å². The van der Waals surface area contributed by atoms with Gasteiger partial charge in [-0.05, 0) is 43.5 Å². The number of anilines is 1. The predicted octanol–water partition coefficient (Wildman–Crippen LogP) is 3.45. The maximum Gasteiger partial charge on any atom is 0.251 e. The second-order valence-corrected chi connectivity index (χ2v) is 7.52. The zero-order valence-corrected chi connectivity index (χ0v) is 16.7. The quantitative estimate of drug-likeness (QED) is 0.802. The standard InChI is InChI=1S/C23H29N3O2/c1-18(24-23(28)19-10-4-3-5-11-19)16-22(27)25(2)17-20-12-6-7-13-21(20)26-14-8-9-15-26/h3-7,10-13,18H,8-9,14-17H2,1-2H3,(H,24,28). The molecular weight excluding hydrogens is 350 g/mol. The molecule has 148 valence electrons. The first kappa shape index (κ1) is 19.9. The monoisotopic (exact) mass is 379 g/mol. The number of rotatable bonds is 7. The van der Waals surface area contributed by atoms with Crippen molar-refractivity contribution in [3.8, 4) is 0 Å². The molecular formula is C23H29N3O2. The van der Waals surface area contributed by atoms with Gasteiger partial charge in [0.1, 0.15) is 0 Å². The molecule has 5 nitrogen and oxygen atoms in total. The van der Waals surface area contributed by atoms with Gasteiger partial charge in [-0.1, -0.05) is 36.4 Å². The fourth-order valence-electron chi connectivity index (χ4n) is 3.62. The first-order valence-corrected chi connectivity index (χ1v) is 9.97. The van der Waals surface area contributed by atoms with Crippen molar-refractivity contribution in [2.24, 2.45) is 0 Å². The van der Waals surface area contributed by atoms with Crippen molar-refractivity contribution >= 4 is 17.5 Å². The molecule has 0 aliphatic carbocycles. The Hall–Kier alpha value is -2.82. The summed E-state index contributed by atoms with van der Waals surface area (Å²) < 4.78 is 0. The van der Waals surface area contributed by atoms with Crippen LogP contribution in [-0.2, 0) is 11.3 Å². The molecule has 2 aromatic carbocycles. The van der Waals surface area contributed by atoms with E-state index in [1.165, 1.54) is 24.1 Å². The van der Waals surface area contributed by atoms with Crippen molar-refractivity contribution in [3.63, 3.8) is 0 Å². The minimum atomic E-state index is -0.225. The summed E-state index contributed by atoms with van der Waals surface area (Å²) in [6.45, 7) is 4.60. The van der Waals surface area contributed by atoms with Gasteiger partial charge in [0.25, 0.3) is 5.91 Å². The number of para-hydroxylation sites is 1. The predicted molar refractivity (Wildman–Crippen MR) is 112 cm³/mol. The van der Waals surface area contributed by atoms with Crippen LogP contribution in [0.2, 0.25) is 0 Å². The number of hydrogen-bond acceptors (Lipinski definition) is 3. The second kappa shape index (κ2) is 9.40. The molecule has 2 amide bonds. The van der Waals surface area contributed by atoms with Crippen molar-refractivity contribution < 1.29 is 9.59 Å². The number of benzene rings is 2. The lowest BCUT2D eigenvalue weighted by atomic mass is 10.1. The molecule has 1 N–H and O–H groups in total. The van der Waals surface area contributed by atoms with Crippen LogP contribution in [0, 0.1) is 0 Å². The minimum Gasteiger partial charge on any atom is -0.371 e. The van der Waals surface area contributed by atoms with Gasteiger partial charge in [0.15, 0.2) is 0 Å². The summed E-state index contributed by atoms with van der Waals surface area (Å²) in [6.07, 6.45) is 2.73. The number of carbonyl (C=O) groups excluding carboxylic acids is 2. The van der Waals surface area contributed by atoms with E-state index in [1.807, 2.05) is 38.2 Å². The Bertz CT molecular complexity index is 801. The van der Waals surface area contributed by atoms with E-state index in [0.717, 1.165) is 13.1 Å². The maximum absolute atomic E-state index is 12.7. The average Bonchev–Trinajstić information content (AvgIpc) is 3.23. The van der Waals surface area contributed by atoms with E-state index in [9.17, 15) is 9.59 Å². The first-order chi connectivity index (χ1) is 13.5. The third kappa shape index (κ3) is 5.12. The molecule has 1 fully saturated rings.